The molecule has 0 fully saturated rings. The molecule has 17 heavy (non-hydrogen) atoms. The van der Waals surface area contributed by atoms with Crippen LogP contribution in [0.1, 0.15) is 13.8 Å². The van der Waals surface area contributed by atoms with Crippen molar-refractivity contribution in [1.82, 2.24) is 0 Å². The van der Waals surface area contributed by atoms with Gasteiger partial charge in [-0.2, -0.15) is 0 Å². The average Bonchev–Trinajstić information content (AvgIpc) is 2.15. The maximum absolute atomic E-state index is 9.74. The molecule has 0 spiro atoms. The van der Waals surface area contributed by atoms with Gasteiger partial charge >= 0.3 is 17.1 Å². The monoisotopic (exact) mass is 292 g/mol. The Labute approximate surface area is 109 Å². The van der Waals surface area contributed by atoms with E-state index in [0.29, 0.717) is 0 Å². The van der Waals surface area contributed by atoms with E-state index < -0.39 is 36.2 Å². The van der Waals surface area contributed by atoms with E-state index in [1.54, 1.807) is 0 Å². The van der Waals surface area contributed by atoms with E-state index in [1.807, 2.05) is 0 Å². The number of aliphatic hydroxyl groups excluding tert-OH is 2. The zero-order chi connectivity index (χ0) is 13.5. The topological polar surface area (TPSA) is 173 Å². The van der Waals surface area contributed by atoms with Gasteiger partial charge in [-0.1, -0.05) is 0 Å². The summed E-state index contributed by atoms with van der Waals surface area (Å²) < 4.78 is 0. The van der Waals surface area contributed by atoms with Crippen LogP contribution in [0.5, 0.6) is 0 Å². The van der Waals surface area contributed by atoms with Crippen LogP contribution in [0.25, 0.3) is 0 Å². The van der Waals surface area contributed by atoms with E-state index in [2.05, 4.69) is 0 Å². The SMILES string of the molecule is C[C@@H](O)[C@H](N)C(=O)[O-].C[C@@H](O)[C@H](N)C(=O)[O-].[Fe+2]. The number of rotatable bonds is 4. The number of carbonyl (C=O) groups excluding carboxylic acids is 2. The Balaban J connectivity index is -0.000000218. The van der Waals surface area contributed by atoms with Gasteiger partial charge in [-0.3, -0.25) is 0 Å². The van der Waals surface area contributed by atoms with Crippen LogP contribution in [0.3, 0.4) is 0 Å². The molecule has 9 heteroatoms. The van der Waals surface area contributed by atoms with Crippen molar-refractivity contribution >= 4 is 11.9 Å². The molecular formula is C8H16FeN2O6. The first-order chi connectivity index (χ1) is 7.11. The second-order valence-electron chi connectivity index (χ2n) is 3.17. The number of nitrogens with two attached hydrogens (primary N) is 2. The molecule has 0 aliphatic heterocycles. The van der Waals surface area contributed by atoms with Gasteiger partial charge in [0.05, 0.1) is 36.2 Å². The third-order valence-electron chi connectivity index (χ3n) is 1.58. The minimum absolute atomic E-state index is 0. The van der Waals surface area contributed by atoms with Gasteiger partial charge in [0.1, 0.15) is 0 Å². The van der Waals surface area contributed by atoms with Crippen molar-refractivity contribution in [3.8, 4) is 0 Å². The maximum atomic E-state index is 9.74. The van der Waals surface area contributed by atoms with Gasteiger partial charge in [0, 0.05) is 0 Å². The van der Waals surface area contributed by atoms with Crippen LogP contribution in [0.2, 0.25) is 0 Å². The van der Waals surface area contributed by atoms with Crippen molar-refractivity contribution in [3.63, 3.8) is 0 Å². The molecule has 8 nitrogen and oxygen atoms in total. The summed E-state index contributed by atoms with van der Waals surface area (Å²) in [7, 11) is 0. The quantitative estimate of drug-likeness (QED) is 0.372. The van der Waals surface area contributed by atoms with Crippen LogP contribution in [0, 0.1) is 0 Å². The number of aliphatic carboxylic acids is 2. The molecule has 6 N–H and O–H groups in total. The first kappa shape index (κ1) is 21.6. The molecule has 0 aromatic carbocycles. The fraction of sp³-hybridized carbons (Fsp3) is 0.750. The summed E-state index contributed by atoms with van der Waals surface area (Å²) in [6.45, 7) is 2.58. The summed E-state index contributed by atoms with van der Waals surface area (Å²) in [4.78, 5) is 19.5. The Kier molecular flexibility index (Phi) is 13.3. The molecule has 0 saturated carbocycles. The predicted octanol–water partition coefficient (Wildman–Crippen LogP) is -5.11. The molecule has 4 atom stereocenters. The molecule has 102 valence electrons. The summed E-state index contributed by atoms with van der Waals surface area (Å²) >= 11 is 0. The smallest absolute Gasteiger partial charge is 0.548 e. The number of aliphatic hydroxyl groups is 2. The Morgan fingerprint density at radius 1 is 0.941 bits per heavy atom. The molecule has 0 amide bonds. The summed E-state index contributed by atoms with van der Waals surface area (Å²) in [6.07, 6.45) is -2.08. The predicted molar refractivity (Wildman–Crippen MR) is 49.3 cm³/mol. The molecule has 0 bridgehead atoms. The molecular weight excluding hydrogens is 276 g/mol. The van der Waals surface area contributed by atoms with Crippen LogP contribution in [0.4, 0.5) is 0 Å². The van der Waals surface area contributed by atoms with E-state index >= 15 is 0 Å². The van der Waals surface area contributed by atoms with E-state index in [9.17, 15) is 19.8 Å². The van der Waals surface area contributed by atoms with Gasteiger partial charge in [0.2, 0.25) is 0 Å². The van der Waals surface area contributed by atoms with Gasteiger partial charge in [0.15, 0.2) is 0 Å². The normalized spacial score (nSPS) is 16.4. The fourth-order valence-corrected chi connectivity index (χ4v) is 0.394. The molecule has 0 heterocycles. The number of carboxylic acid groups (broad SMARTS) is 2. The second-order valence-corrected chi connectivity index (χ2v) is 3.17. The molecule has 0 rings (SSSR count). The summed E-state index contributed by atoms with van der Waals surface area (Å²) in [5, 5.41) is 36.4. The third kappa shape index (κ3) is 11.6. The zero-order valence-electron chi connectivity index (χ0n) is 9.35. The van der Waals surface area contributed by atoms with Crippen LogP contribution in [-0.2, 0) is 26.7 Å². The van der Waals surface area contributed by atoms with Crippen molar-refractivity contribution in [3.05, 3.63) is 0 Å². The summed E-state index contributed by atoms with van der Waals surface area (Å²) in [5.74, 6) is -2.86. The standard InChI is InChI=1S/2C4H9NO3.Fe/c2*1-2(6)3(5)4(7)8;/h2*2-3,6H,5H2,1H3,(H,7,8);/q;;+2/p-2/t2*2-,3+;/m11./s1. The van der Waals surface area contributed by atoms with Gasteiger partial charge in [-0.15, -0.1) is 0 Å². The summed E-state index contributed by atoms with van der Waals surface area (Å²) in [6, 6.07) is -2.54. The number of carbonyl (C=O) groups is 2. The average molecular weight is 292 g/mol. The zero-order valence-corrected chi connectivity index (χ0v) is 10.4. The van der Waals surface area contributed by atoms with Crippen molar-refractivity contribution in [2.75, 3.05) is 0 Å². The van der Waals surface area contributed by atoms with Gasteiger partial charge in [-0.25, -0.2) is 0 Å². The van der Waals surface area contributed by atoms with Crippen LogP contribution in [0.15, 0.2) is 0 Å². The van der Waals surface area contributed by atoms with Gasteiger partial charge in [0.25, 0.3) is 0 Å². The maximum Gasteiger partial charge on any atom is 2.00 e. The number of hydrogen-bond donors (Lipinski definition) is 4. The van der Waals surface area contributed by atoms with E-state index in [1.165, 1.54) is 13.8 Å². The molecule has 0 aromatic rings. The van der Waals surface area contributed by atoms with Crippen molar-refractivity contribution in [2.45, 2.75) is 38.1 Å². The Morgan fingerprint density at radius 3 is 1.12 bits per heavy atom. The van der Waals surface area contributed by atoms with Crippen molar-refractivity contribution < 1.29 is 47.1 Å². The Morgan fingerprint density at radius 2 is 1.12 bits per heavy atom. The first-order valence-corrected chi connectivity index (χ1v) is 4.40. The van der Waals surface area contributed by atoms with Gasteiger partial charge < -0.3 is 41.5 Å². The van der Waals surface area contributed by atoms with Gasteiger partial charge in [-0.05, 0) is 13.8 Å². The van der Waals surface area contributed by atoms with Crippen molar-refractivity contribution in [2.24, 2.45) is 11.5 Å². The fourth-order valence-electron chi connectivity index (χ4n) is 0.394. The molecule has 0 unspecified atom stereocenters. The second kappa shape index (κ2) is 10.5. The third-order valence-corrected chi connectivity index (χ3v) is 1.58. The van der Waals surface area contributed by atoms with E-state index in [-0.39, 0.29) is 17.1 Å². The van der Waals surface area contributed by atoms with Crippen LogP contribution in [-0.4, -0.2) is 46.4 Å². The molecule has 0 aliphatic carbocycles. The largest absolute Gasteiger partial charge is 2.00 e. The molecule has 0 aromatic heterocycles. The minimum atomic E-state index is -1.43. The Bertz CT molecular complexity index is 212. The van der Waals surface area contributed by atoms with E-state index in [0.717, 1.165) is 0 Å². The molecule has 0 radical (unpaired) electrons. The molecule has 0 aliphatic rings. The number of hydrogen-bond acceptors (Lipinski definition) is 8. The van der Waals surface area contributed by atoms with Crippen LogP contribution >= 0.6 is 0 Å². The minimum Gasteiger partial charge on any atom is -0.548 e. The van der Waals surface area contributed by atoms with Crippen LogP contribution < -0.4 is 21.7 Å². The van der Waals surface area contributed by atoms with Crippen molar-refractivity contribution in [1.29, 1.82) is 0 Å². The first-order valence-electron chi connectivity index (χ1n) is 4.40. The Hall–Kier alpha value is -0.701. The summed E-state index contributed by atoms with van der Waals surface area (Å²) in [5.41, 5.74) is 9.69. The molecule has 0 saturated heterocycles. The number of carboxylic acids is 2. The van der Waals surface area contributed by atoms with E-state index in [4.69, 9.17) is 21.7 Å².